The van der Waals surface area contributed by atoms with Gasteiger partial charge in [0.2, 0.25) is 10.0 Å². The van der Waals surface area contributed by atoms with E-state index in [4.69, 9.17) is 16.7 Å². The third-order valence-corrected chi connectivity index (χ3v) is 5.68. The summed E-state index contributed by atoms with van der Waals surface area (Å²) in [4.78, 5) is 12.6. The van der Waals surface area contributed by atoms with Crippen molar-refractivity contribution in [2.24, 2.45) is 5.14 Å². The van der Waals surface area contributed by atoms with Crippen LogP contribution in [0.4, 0.5) is 5.82 Å². The van der Waals surface area contributed by atoms with E-state index in [-0.39, 0.29) is 10.5 Å². The van der Waals surface area contributed by atoms with Gasteiger partial charge in [-0.3, -0.25) is 4.79 Å². The minimum absolute atomic E-state index is 0.0627. The maximum atomic E-state index is 12.7. The summed E-state index contributed by atoms with van der Waals surface area (Å²) < 4.78 is 25.2. The first-order chi connectivity index (χ1) is 13.1. The summed E-state index contributed by atoms with van der Waals surface area (Å²) in [6.45, 7) is 3.82. The van der Waals surface area contributed by atoms with E-state index in [0.29, 0.717) is 28.5 Å². The SMILES string of the molecule is Cc1cc(C(=O)Nc2ccnn2Cc2ccc(Cl)cc2)cc(S(N)(=O)=O)c1C. The summed E-state index contributed by atoms with van der Waals surface area (Å²) in [5, 5.41) is 12.9. The van der Waals surface area contributed by atoms with Crippen molar-refractivity contribution >= 4 is 33.3 Å². The van der Waals surface area contributed by atoms with Crippen molar-refractivity contribution in [2.45, 2.75) is 25.3 Å². The molecule has 0 aliphatic heterocycles. The highest BCUT2D eigenvalue weighted by Gasteiger charge is 2.18. The Balaban J connectivity index is 1.86. The second kappa shape index (κ2) is 7.75. The summed E-state index contributed by atoms with van der Waals surface area (Å²) in [6, 6.07) is 11.9. The Kier molecular flexibility index (Phi) is 5.55. The Hall–Kier alpha value is -2.68. The molecule has 146 valence electrons. The van der Waals surface area contributed by atoms with Gasteiger partial charge in [-0.05, 0) is 54.8 Å². The first-order valence-corrected chi connectivity index (χ1v) is 10.3. The van der Waals surface area contributed by atoms with E-state index in [1.54, 1.807) is 49.0 Å². The molecule has 3 rings (SSSR count). The lowest BCUT2D eigenvalue weighted by Crippen LogP contribution is -2.19. The number of nitrogens with two attached hydrogens (primary N) is 1. The standard InChI is InChI=1S/C19H19ClN4O3S/c1-12-9-15(10-17(13(12)2)28(21,26)27)19(25)23-18-7-8-22-24(18)11-14-3-5-16(20)6-4-14/h3-10H,11H2,1-2H3,(H,23,25)(H2,21,26,27). The van der Waals surface area contributed by atoms with Gasteiger partial charge in [0.25, 0.3) is 5.91 Å². The number of hydrogen-bond acceptors (Lipinski definition) is 4. The van der Waals surface area contributed by atoms with Gasteiger partial charge in [0.05, 0.1) is 17.6 Å². The third kappa shape index (κ3) is 4.41. The number of amides is 1. The molecule has 0 radical (unpaired) electrons. The summed E-state index contributed by atoms with van der Waals surface area (Å²) >= 11 is 5.90. The first-order valence-electron chi connectivity index (χ1n) is 8.37. The molecule has 1 aromatic heterocycles. The molecule has 0 atom stereocenters. The van der Waals surface area contributed by atoms with E-state index in [0.717, 1.165) is 5.56 Å². The Bertz CT molecular complexity index is 1140. The molecule has 2 aromatic carbocycles. The van der Waals surface area contributed by atoms with Gasteiger partial charge < -0.3 is 5.32 Å². The molecule has 0 fully saturated rings. The number of rotatable bonds is 5. The number of benzene rings is 2. The number of carbonyl (C=O) groups is 1. The quantitative estimate of drug-likeness (QED) is 0.663. The van der Waals surface area contributed by atoms with E-state index in [2.05, 4.69) is 10.4 Å². The molecule has 3 aromatic rings. The summed E-state index contributed by atoms with van der Waals surface area (Å²) in [7, 11) is -3.93. The fourth-order valence-corrected chi connectivity index (χ4v) is 3.77. The van der Waals surface area contributed by atoms with Gasteiger partial charge >= 0.3 is 0 Å². The lowest BCUT2D eigenvalue weighted by Gasteiger charge is -2.12. The second-order valence-corrected chi connectivity index (χ2v) is 8.38. The third-order valence-electron chi connectivity index (χ3n) is 4.39. The molecule has 1 amide bonds. The molecule has 0 aliphatic carbocycles. The van der Waals surface area contributed by atoms with Gasteiger partial charge in [-0.15, -0.1) is 0 Å². The van der Waals surface area contributed by atoms with Crippen LogP contribution in [0.25, 0.3) is 0 Å². The van der Waals surface area contributed by atoms with Crippen LogP contribution in [-0.4, -0.2) is 24.1 Å². The molecule has 28 heavy (non-hydrogen) atoms. The van der Waals surface area contributed by atoms with E-state index in [1.165, 1.54) is 6.07 Å². The predicted octanol–water partition coefficient (Wildman–Crippen LogP) is 3.10. The van der Waals surface area contributed by atoms with E-state index < -0.39 is 15.9 Å². The van der Waals surface area contributed by atoms with E-state index in [9.17, 15) is 13.2 Å². The van der Waals surface area contributed by atoms with E-state index in [1.807, 2.05) is 12.1 Å². The molecular weight excluding hydrogens is 400 g/mol. The van der Waals surface area contributed by atoms with Crippen molar-refractivity contribution in [1.82, 2.24) is 9.78 Å². The Morgan fingerprint density at radius 1 is 1.18 bits per heavy atom. The molecule has 1 heterocycles. The maximum Gasteiger partial charge on any atom is 0.256 e. The zero-order valence-electron chi connectivity index (χ0n) is 15.3. The molecule has 3 N–H and O–H groups in total. The van der Waals surface area contributed by atoms with Gasteiger partial charge in [0.15, 0.2) is 0 Å². The Labute approximate surface area is 168 Å². The van der Waals surface area contributed by atoms with Crippen LogP contribution in [-0.2, 0) is 16.6 Å². The zero-order chi connectivity index (χ0) is 20.5. The zero-order valence-corrected chi connectivity index (χ0v) is 16.9. The monoisotopic (exact) mass is 418 g/mol. The molecule has 0 aliphatic rings. The largest absolute Gasteiger partial charge is 0.307 e. The fraction of sp³-hybridized carbons (Fsp3) is 0.158. The number of primary sulfonamides is 1. The minimum Gasteiger partial charge on any atom is -0.307 e. The smallest absolute Gasteiger partial charge is 0.256 e. The van der Waals surface area contributed by atoms with Crippen molar-refractivity contribution in [3.8, 4) is 0 Å². The van der Waals surface area contributed by atoms with Crippen LogP contribution >= 0.6 is 11.6 Å². The molecule has 0 bridgehead atoms. The van der Waals surface area contributed by atoms with Crippen LogP contribution in [0.5, 0.6) is 0 Å². The molecule has 0 saturated carbocycles. The van der Waals surface area contributed by atoms with Crippen molar-refractivity contribution in [1.29, 1.82) is 0 Å². The second-order valence-electron chi connectivity index (χ2n) is 6.42. The van der Waals surface area contributed by atoms with Gasteiger partial charge in [0.1, 0.15) is 5.82 Å². The van der Waals surface area contributed by atoms with Gasteiger partial charge in [0, 0.05) is 16.7 Å². The van der Waals surface area contributed by atoms with Crippen molar-refractivity contribution in [2.75, 3.05) is 5.32 Å². The van der Waals surface area contributed by atoms with Crippen LogP contribution < -0.4 is 10.5 Å². The minimum atomic E-state index is -3.93. The molecular formula is C19H19ClN4O3S. The van der Waals surface area contributed by atoms with Crippen LogP contribution in [0.2, 0.25) is 5.02 Å². The predicted molar refractivity (Wildman–Crippen MR) is 108 cm³/mol. The molecule has 0 saturated heterocycles. The summed E-state index contributed by atoms with van der Waals surface area (Å²) in [6.07, 6.45) is 1.57. The number of aryl methyl sites for hydroxylation is 1. The molecule has 7 nitrogen and oxygen atoms in total. The van der Waals surface area contributed by atoms with Crippen molar-refractivity contribution < 1.29 is 13.2 Å². The number of anilines is 1. The summed E-state index contributed by atoms with van der Waals surface area (Å²) in [5.74, 6) is 0.0289. The Morgan fingerprint density at radius 2 is 1.86 bits per heavy atom. The number of sulfonamides is 1. The topological polar surface area (TPSA) is 107 Å². The molecule has 0 unspecified atom stereocenters. The van der Waals surface area contributed by atoms with Gasteiger partial charge in [-0.2, -0.15) is 5.10 Å². The number of nitrogens with one attached hydrogen (secondary N) is 1. The van der Waals surface area contributed by atoms with Crippen molar-refractivity contribution in [3.05, 3.63) is 75.9 Å². The number of carbonyl (C=O) groups excluding carboxylic acids is 1. The highest BCUT2D eigenvalue weighted by molar-refractivity contribution is 7.89. The lowest BCUT2D eigenvalue weighted by atomic mass is 10.1. The molecule has 9 heteroatoms. The first kappa shape index (κ1) is 20.1. The van der Waals surface area contributed by atoms with Crippen LogP contribution in [0.1, 0.15) is 27.0 Å². The fourth-order valence-electron chi connectivity index (χ4n) is 2.77. The average Bonchev–Trinajstić information content (AvgIpc) is 3.04. The van der Waals surface area contributed by atoms with Crippen molar-refractivity contribution in [3.63, 3.8) is 0 Å². The molecule has 0 spiro atoms. The average molecular weight is 419 g/mol. The number of aromatic nitrogens is 2. The van der Waals surface area contributed by atoms with Crippen LogP contribution in [0.15, 0.2) is 53.6 Å². The summed E-state index contributed by atoms with van der Waals surface area (Å²) in [5.41, 5.74) is 2.34. The Morgan fingerprint density at radius 3 is 2.50 bits per heavy atom. The van der Waals surface area contributed by atoms with E-state index >= 15 is 0 Å². The number of halogens is 1. The van der Waals surface area contributed by atoms with Crippen LogP contribution in [0.3, 0.4) is 0 Å². The van der Waals surface area contributed by atoms with Gasteiger partial charge in [-0.1, -0.05) is 23.7 Å². The highest BCUT2D eigenvalue weighted by atomic mass is 35.5. The van der Waals surface area contributed by atoms with Gasteiger partial charge in [-0.25, -0.2) is 18.2 Å². The highest BCUT2D eigenvalue weighted by Crippen LogP contribution is 2.21. The van der Waals surface area contributed by atoms with Crippen LogP contribution in [0, 0.1) is 13.8 Å². The number of hydrogen-bond donors (Lipinski definition) is 2. The normalized spacial score (nSPS) is 11.4. The number of nitrogens with zero attached hydrogens (tertiary/aromatic N) is 2. The maximum absolute atomic E-state index is 12.7. The lowest BCUT2D eigenvalue weighted by molar-refractivity contribution is 0.102.